The van der Waals surface area contributed by atoms with Crippen molar-refractivity contribution in [1.29, 1.82) is 0 Å². The molecule has 1 N–H and O–H groups in total. The van der Waals surface area contributed by atoms with Gasteiger partial charge in [-0.2, -0.15) is 0 Å². The van der Waals surface area contributed by atoms with Crippen LogP contribution in [0.2, 0.25) is 0 Å². The van der Waals surface area contributed by atoms with E-state index in [-0.39, 0.29) is 11.1 Å². The molecule has 2 rings (SSSR count). The van der Waals surface area contributed by atoms with E-state index in [0.717, 1.165) is 31.2 Å². The topological polar surface area (TPSA) is 46.2 Å². The Morgan fingerprint density at radius 1 is 1.25 bits per heavy atom. The van der Waals surface area contributed by atoms with Crippen LogP contribution in [0.5, 0.6) is 0 Å². The predicted molar refractivity (Wildman–Crippen MR) is 84.7 cm³/mol. The first kappa shape index (κ1) is 15.6. The summed E-state index contributed by atoms with van der Waals surface area (Å²) in [4.78, 5) is 0. The zero-order valence-corrected chi connectivity index (χ0v) is 13.4. The quantitative estimate of drug-likeness (QED) is 0.823. The summed E-state index contributed by atoms with van der Waals surface area (Å²) < 4.78 is 27.3. The number of rotatable bonds is 5. The van der Waals surface area contributed by atoms with Crippen molar-refractivity contribution in [3.8, 4) is 0 Å². The minimum absolute atomic E-state index is 0.219. The molecule has 0 bridgehead atoms. The van der Waals surface area contributed by atoms with Crippen molar-refractivity contribution in [2.24, 2.45) is 5.92 Å². The highest BCUT2D eigenvalue weighted by atomic mass is 35.5. The molecule has 0 aromatic heterocycles. The van der Waals surface area contributed by atoms with Gasteiger partial charge in [-0.1, -0.05) is 37.5 Å². The fourth-order valence-electron chi connectivity index (χ4n) is 2.81. The van der Waals surface area contributed by atoms with Crippen LogP contribution in [-0.2, 0) is 10.0 Å². The van der Waals surface area contributed by atoms with Crippen molar-refractivity contribution in [3.63, 3.8) is 0 Å². The van der Waals surface area contributed by atoms with Gasteiger partial charge in [0.15, 0.2) is 0 Å². The van der Waals surface area contributed by atoms with Crippen molar-refractivity contribution in [3.05, 3.63) is 29.8 Å². The normalized spacial score (nSPS) is 18.7. The summed E-state index contributed by atoms with van der Waals surface area (Å²) in [5, 5.41) is -0.219. The fraction of sp³-hybridized carbons (Fsp3) is 0.600. The van der Waals surface area contributed by atoms with Gasteiger partial charge in [0, 0.05) is 0 Å². The van der Waals surface area contributed by atoms with Gasteiger partial charge in [-0.3, -0.25) is 4.72 Å². The molecule has 3 nitrogen and oxygen atoms in total. The van der Waals surface area contributed by atoms with E-state index in [4.69, 9.17) is 11.6 Å². The van der Waals surface area contributed by atoms with E-state index in [0.29, 0.717) is 11.6 Å². The van der Waals surface area contributed by atoms with Gasteiger partial charge < -0.3 is 0 Å². The summed E-state index contributed by atoms with van der Waals surface area (Å²) in [6.45, 7) is 1.84. The Balaban J connectivity index is 2.08. The van der Waals surface area contributed by atoms with Crippen molar-refractivity contribution in [1.82, 2.24) is 0 Å². The molecular weight excluding hydrogens is 294 g/mol. The Morgan fingerprint density at radius 3 is 2.55 bits per heavy atom. The van der Waals surface area contributed by atoms with Crippen LogP contribution in [0.25, 0.3) is 0 Å². The van der Waals surface area contributed by atoms with E-state index < -0.39 is 10.0 Å². The van der Waals surface area contributed by atoms with Crippen LogP contribution in [0.3, 0.4) is 0 Å². The second-order valence-electron chi connectivity index (χ2n) is 5.59. The first-order valence-corrected chi connectivity index (χ1v) is 9.30. The number of nitrogens with one attached hydrogen (secondary N) is 1. The summed E-state index contributed by atoms with van der Waals surface area (Å²) in [6.07, 6.45) is 5.57. The molecule has 1 aromatic carbocycles. The van der Waals surface area contributed by atoms with Gasteiger partial charge in [0.2, 0.25) is 10.0 Å². The molecule has 0 aliphatic heterocycles. The van der Waals surface area contributed by atoms with Gasteiger partial charge >= 0.3 is 0 Å². The average molecular weight is 316 g/mol. The van der Waals surface area contributed by atoms with E-state index >= 15 is 0 Å². The third kappa shape index (κ3) is 4.38. The third-order valence-corrected chi connectivity index (χ3v) is 5.51. The summed E-state index contributed by atoms with van der Waals surface area (Å²) in [5.74, 6) is 0.514. The number of hydrogen-bond acceptors (Lipinski definition) is 2. The number of hydrogen-bond donors (Lipinski definition) is 1. The highest BCUT2D eigenvalue weighted by Gasteiger charge is 2.22. The fourth-order valence-corrected chi connectivity index (χ4v) is 4.56. The first-order chi connectivity index (χ1) is 9.48. The summed E-state index contributed by atoms with van der Waals surface area (Å²) in [7, 11) is -3.30. The van der Waals surface area contributed by atoms with Crippen molar-refractivity contribution >= 4 is 27.3 Å². The molecule has 1 saturated carbocycles. The van der Waals surface area contributed by atoms with Crippen LogP contribution in [0, 0.1) is 5.92 Å². The molecule has 1 unspecified atom stereocenters. The number of halogens is 1. The van der Waals surface area contributed by atoms with Gasteiger partial charge in [0.25, 0.3) is 0 Å². The van der Waals surface area contributed by atoms with Crippen LogP contribution < -0.4 is 4.72 Å². The Kier molecular flexibility index (Phi) is 5.33. The molecule has 1 aliphatic rings. The third-order valence-electron chi connectivity index (χ3n) is 3.83. The smallest absolute Gasteiger partial charge is 0.233 e. The van der Waals surface area contributed by atoms with Gasteiger partial charge in [-0.25, -0.2) is 8.42 Å². The lowest BCUT2D eigenvalue weighted by Gasteiger charge is -2.22. The van der Waals surface area contributed by atoms with E-state index in [1.165, 1.54) is 6.42 Å². The van der Waals surface area contributed by atoms with Gasteiger partial charge in [0.1, 0.15) is 0 Å². The molecule has 5 heteroatoms. The molecule has 0 spiro atoms. The van der Waals surface area contributed by atoms with Crippen LogP contribution >= 0.6 is 11.6 Å². The van der Waals surface area contributed by atoms with Gasteiger partial charge in [-0.15, -0.1) is 11.6 Å². The van der Waals surface area contributed by atoms with Crippen molar-refractivity contribution in [2.45, 2.75) is 44.4 Å². The van der Waals surface area contributed by atoms with Crippen LogP contribution in [0.1, 0.15) is 50.0 Å². The van der Waals surface area contributed by atoms with E-state index in [9.17, 15) is 8.42 Å². The van der Waals surface area contributed by atoms with E-state index in [1.807, 2.05) is 25.1 Å². The summed E-state index contributed by atoms with van der Waals surface area (Å²) >= 11 is 6.09. The SMILES string of the molecule is CC(Cl)c1ccccc1NS(=O)(=O)CC1CCCCC1. The number of sulfonamides is 1. The van der Waals surface area contributed by atoms with Crippen LogP contribution in [0.4, 0.5) is 5.69 Å². The molecule has 1 atom stereocenters. The second-order valence-corrected chi connectivity index (χ2v) is 8.01. The first-order valence-electron chi connectivity index (χ1n) is 7.21. The number of anilines is 1. The molecule has 1 fully saturated rings. The minimum atomic E-state index is -3.30. The number of benzene rings is 1. The summed E-state index contributed by atoms with van der Waals surface area (Å²) in [6, 6.07) is 7.32. The predicted octanol–water partition coefficient (Wildman–Crippen LogP) is 4.31. The van der Waals surface area contributed by atoms with Gasteiger partial charge in [0.05, 0.1) is 16.8 Å². The zero-order chi connectivity index (χ0) is 14.6. The van der Waals surface area contributed by atoms with Crippen LogP contribution in [0.15, 0.2) is 24.3 Å². The average Bonchev–Trinajstić information content (AvgIpc) is 2.39. The maximum absolute atomic E-state index is 12.3. The molecule has 0 radical (unpaired) electrons. The number of alkyl halides is 1. The second kappa shape index (κ2) is 6.81. The molecule has 112 valence electrons. The maximum atomic E-state index is 12.3. The number of para-hydroxylation sites is 1. The molecule has 0 heterocycles. The Morgan fingerprint density at radius 2 is 1.90 bits per heavy atom. The Bertz CT molecular complexity index is 537. The van der Waals surface area contributed by atoms with Gasteiger partial charge in [-0.05, 0) is 37.3 Å². The molecule has 20 heavy (non-hydrogen) atoms. The Hall–Kier alpha value is -0.740. The lowest BCUT2D eigenvalue weighted by atomic mass is 9.91. The molecule has 1 aromatic rings. The maximum Gasteiger partial charge on any atom is 0.233 e. The van der Waals surface area contributed by atoms with Crippen molar-refractivity contribution in [2.75, 3.05) is 10.5 Å². The minimum Gasteiger partial charge on any atom is -0.283 e. The molecular formula is C15H22ClNO2S. The van der Waals surface area contributed by atoms with Crippen LogP contribution in [-0.4, -0.2) is 14.2 Å². The Labute approximate surface area is 126 Å². The molecule has 0 saturated heterocycles. The lowest BCUT2D eigenvalue weighted by Crippen LogP contribution is -2.24. The molecule has 1 aliphatic carbocycles. The largest absolute Gasteiger partial charge is 0.283 e. The highest BCUT2D eigenvalue weighted by Crippen LogP contribution is 2.29. The summed E-state index contributed by atoms with van der Waals surface area (Å²) in [5.41, 5.74) is 1.42. The molecule has 0 amide bonds. The lowest BCUT2D eigenvalue weighted by molar-refractivity contribution is 0.385. The van der Waals surface area contributed by atoms with E-state index in [1.54, 1.807) is 6.07 Å². The van der Waals surface area contributed by atoms with Crippen molar-refractivity contribution < 1.29 is 8.42 Å². The standard InChI is InChI=1S/C15H22ClNO2S/c1-12(16)14-9-5-6-10-15(14)17-20(18,19)11-13-7-3-2-4-8-13/h5-6,9-10,12-13,17H,2-4,7-8,11H2,1H3. The monoisotopic (exact) mass is 315 g/mol. The zero-order valence-electron chi connectivity index (χ0n) is 11.8. The highest BCUT2D eigenvalue weighted by molar-refractivity contribution is 7.92. The van der Waals surface area contributed by atoms with E-state index in [2.05, 4.69) is 4.72 Å².